The maximum Gasteiger partial charge on any atom is 0.272 e. The Labute approximate surface area is 121 Å². The summed E-state index contributed by atoms with van der Waals surface area (Å²) in [6.07, 6.45) is 0. The van der Waals surface area contributed by atoms with Crippen molar-refractivity contribution < 1.29 is 9.18 Å². The van der Waals surface area contributed by atoms with E-state index in [0.717, 1.165) is 16.5 Å². The van der Waals surface area contributed by atoms with Crippen LogP contribution in [0.25, 0.3) is 10.9 Å². The molecule has 0 saturated heterocycles. The van der Waals surface area contributed by atoms with Gasteiger partial charge in [0, 0.05) is 5.39 Å². The summed E-state index contributed by atoms with van der Waals surface area (Å²) in [7, 11) is 0. The number of hydrogen-bond acceptors (Lipinski definition) is 2. The zero-order valence-electron chi connectivity index (χ0n) is 11.4. The zero-order valence-corrected chi connectivity index (χ0v) is 11.4. The van der Waals surface area contributed by atoms with Gasteiger partial charge in [0.15, 0.2) is 5.69 Å². The van der Waals surface area contributed by atoms with Gasteiger partial charge in [-0.3, -0.25) is 9.89 Å². The van der Waals surface area contributed by atoms with E-state index < -0.39 is 0 Å². The fourth-order valence-electron chi connectivity index (χ4n) is 2.24. The lowest BCUT2D eigenvalue weighted by atomic mass is 10.1. The Bertz CT molecular complexity index is 780. The lowest BCUT2D eigenvalue weighted by Crippen LogP contribution is -2.27. The molecule has 2 N–H and O–H groups in total. The third-order valence-corrected chi connectivity index (χ3v) is 3.40. The Balaban J connectivity index is 1.81. The van der Waals surface area contributed by atoms with E-state index in [-0.39, 0.29) is 17.8 Å². The van der Waals surface area contributed by atoms with Gasteiger partial charge in [-0.05, 0) is 30.7 Å². The standard InChI is InChI=1S/C16H14FN3O/c1-10(11-6-8-12(17)9-7-11)18-16(21)15-13-4-2-3-5-14(13)19-20-15/h2-10H,1H3,(H,18,21)(H,19,20)/t10-/m0/s1. The number of amides is 1. The van der Waals surface area contributed by atoms with Crippen LogP contribution in [0.2, 0.25) is 0 Å². The smallest absolute Gasteiger partial charge is 0.272 e. The first-order chi connectivity index (χ1) is 10.1. The second-order valence-electron chi connectivity index (χ2n) is 4.86. The number of halogens is 1. The Morgan fingerprint density at radius 2 is 1.90 bits per heavy atom. The van der Waals surface area contributed by atoms with Gasteiger partial charge in [-0.25, -0.2) is 4.39 Å². The van der Waals surface area contributed by atoms with Crippen LogP contribution in [0, 0.1) is 5.82 Å². The van der Waals surface area contributed by atoms with E-state index in [1.165, 1.54) is 12.1 Å². The summed E-state index contributed by atoms with van der Waals surface area (Å²) in [5, 5.41) is 10.5. The van der Waals surface area contributed by atoms with Crippen LogP contribution in [0.4, 0.5) is 4.39 Å². The van der Waals surface area contributed by atoms with Crippen LogP contribution in [0.3, 0.4) is 0 Å². The molecule has 3 aromatic rings. The van der Waals surface area contributed by atoms with E-state index in [4.69, 9.17) is 0 Å². The number of aromatic amines is 1. The third-order valence-electron chi connectivity index (χ3n) is 3.40. The Hall–Kier alpha value is -2.69. The van der Waals surface area contributed by atoms with Crippen molar-refractivity contribution in [3.8, 4) is 0 Å². The molecule has 0 bridgehead atoms. The Morgan fingerprint density at radius 1 is 1.19 bits per heavy atom. The molecular formula is C16H14FN3O. The second kappa shape index (κ2) is 5.36. The zero-order chi connectivity index (χ0) is 14.8. The summed E-state index contributed by atoms with van der Waals surface area (Å²) in [6.45, 7) is 1.85. The van der Waals surface area contributed by atoms with Gasteiger partial charge >= 0.3 is 0 Å². The molecule has 1 aromatic heterocycles. The summed E-state index contributed by atoms with van der Waals surface area (Å²) in [4.78, 5) is 12.3. The molecule has 0 aliphatic heterocycles. The van der Waals surface area contributed by atoms with Crippen LogP contribution in [0.1, 0.15) is 29.0 Å². The molecule has 0 spiro atoms. The van der Waals surface area contributed by atoms with Gasteiger partial charge in [0.25, 0.3) is 5.91 Å². The summed E-state index contributed by atoms with van der Waals surface area (Å²) in [6, 6.07) is 13.3. The minimum atomic E-state index is -0.296. The number of H-pyrrole nitrogens is 1. The highest BCUT2D eigenvalue weighted by molar-refractivity contribution is 6.04. The van der Waals surface area contributed by atoms with Crippen molar-refractivity contribution >= 4 is 16.8 Å². The van der Waals surface area contributed by atoms with Crippen molar-refractivity contribution in [2.45, 2.75) is 13.0 Å². The van der Waals surface area contributed by atoms with Crippen LogP contribution in [0.15, 0.2) is 48.5 Å². The predicted octanol–water partition coefficient (Wildman–Crippen LogP) is 3.19. The molecule has 1 heterocycles. The summed E-state index contributed by atoms with van der Waals surface area (Å²) in [5.41, 5.74) is 2.02. The average Bonchev–Trinajstić information content (AvgIpc) is 2.92. The van der Waals surface area contributed by atoms with E-state index in [9.17, 15) is 9.18 Å². The molecule has 0 saturated carbocycles. The van der Waals surface area contributed by atoms with Crippen molar-refractivity contribution in [1.82, 2.24) is 15.5 Å². The van der Waals surface area contributed by atoms with Crippen LogP contribution < -0.4 is 5.32 Å². The van der Waals surface area contributed by atoms with E-state index in [1.54, 1.807) is 12.1 Å². The molecule has 1 amide bonds. The molecule has 0 aliphatic carbocycles. The fraction of sp³-hybridized carbons (Fsp3) is 0.125. The third kappa shape index (κ3) is 2.63. The highest BCUT2D eigenvalue weighted by atomic mass is 19.1. The number of carbonyl (C=O) groups is 1. The van der Waals surface area contributed by atoms with E-state index in [1.807, 2.05) is 31.2 Å². The SMILES string of the molecule is C[C@H](NC(=O)c1n[nH]c2ccccc12)c1ccc(F)cc1. The lowest BCUT2D eigenvalue weighted by molar-refractivity contribution is 0.0936. The van der Waals surface area contributed by atoms with E-state index >= 15 is 0 Å². The maximum atomic E-state index is 12.9. The molecule has 0 unspecified atom stereocenters. The molecule has 4 nitrogen and oxygen atoms in total. The second-order valence-corrected chi connectivity index (χ2v) is 4.86. The van der Waals surface area contributed by atoms with Gasteiger partial charge in [0.05, 0.1) is 11.6 Å². The number of benzene rings is 2. The monoisotopic (exact) mass is 283 g/mol. The van der Waals surface area contributed by atoms with Crippen LogP contribution in [-0.2, 0) is 0 Å². The van der Waals surface area contributed by atoms with Gasteiger partial charge in [0.2, 0.25) is 0 Å². The predicted molar refractivity (Wildman–Crippen MR) is 78.4 cm³/mol. The Morgan fingerprint density at radius 3 is 2.67 bits per heavy atom. The van der Waals surface area contributed by atoms with Crippen molar-refractivity contribution in [2.24, 2.45) is 0 Å². The van der Waals surface area contributed by atoms with Crippen LogP contribution >= 0.6 is 0 Å². The fourth-order valence-corrected chi connectivity index (χ4v) is 2.24. The van der Waals surface area contributed by atoms with Crippen molar-refractivity contribution in [3.05, 3.63) is 65.6 Å². The molecule has 5 heteroatoms. The number of hydrogen-bond donors (Lipinski definition) is 2. The van der Waals surface area contributed by atoms with Crippen molar-refractivity contribution in [1.29, 1.82) is 0 Å². The molecule has 21 heavy (non-hydrogen) atoms. The average molecular weight is 283 g/mol. The number of rotatable bonds is 3. The molecular weight excluding hydrogens is 269 g/mol. The van der Waals surface area contributed by atoms with Gasteiger partial charge in [-0.2, -0.15) is 5.10 Å². The molecule has 0 radical (unpaired) electrons. The van der Waals surface area contributed by atoms with Crippen LogP contribution in [0.5, 0.6) is 0 Å². The van der Waals surface area contributed by atoms with Gasteiger partial charge in [-0.1, -0.05) is 30.3 Å². The molecule has 2 aromatic carbocycles. The normalized spacial score (nSPS) is 12.3. The van der Waals surface area contributed by atoms with Gasteiger partial charge in [-0.15, -0.1) is 0 Å². The number of fused-ring (bicyclic) bond motifs is 1. The lowest BCUT2D eigenvalue weighted by Gasteiger charge is -2.13. The maximum absolute atomic E-state index is 12.9. The Kier molecular flexibility index (Phi) is 3.39. The molecule has 0 fully saturated rings. The number of carbonyl (C=O) groups excluding carboxylic acids is 1. The van der Waals surface area contributed by atoms with Crippen molar-refractivity contribution in [3.63, 3.8) is 0 Å². The molecule has 106 valence electrons. The minimum Gasteiger partial charge on any atom is -0.344 e. The highest BCUT2D eigenvalue weighted by Crippen LogP contribution is 2.17. The molecule has 1 atom stereocenters. The quantitative estimate of drug-likeness (QED) is 0.775. The number of para-hydroxylation sites is 1. The topological polar surface area (TPSA) is 57.8 Å². The largest absolute Gasteiger partial charge is 0.344 e. The van der Waals surface area contributed by atoms with Crippen molar-refractivity contribution in [2.75, 3.05) is 0 Å². The van der Waals surface area contributed by atoms with E-state index in [0.29, 0.717) is 5.69 Å². The summed E-state index contributed by atoms with van der Waals surface area (Å²) in [5.74, 6) is -0.556. The number of nitrogens with zero attached hydrogens (tertiary/aromatic N) is 1. The molecule has 3 rings (SSSR count). The first-order valence-corrected chi connectivity index (χ1v) is 6.64. The van der Waals surface area contributed by atoms with Crippen LogP contribution in [-0.4, -0.2) is 16.1 Å². The van der Waals surface area contributed by atoms with Gasteiger partial charge < -0.3 is 5.32 Å². The number of nitrogens with one attached hydrogen (secondary N) is 2. The highest BCUT2D eigenvalue weighted by Gasteiger charge is 2.16. The first kappa shape index (κ1) is 13.3. The van der Waals surface area contributed by atoms with E-state index in [2.05, 4.69) is 15.5 Å². The summed E-state index contributed by atoms with van der Waals surface area (Å²) >= 11 is 0. The molecule has 0 aliphatic rings. The first-order valence-electron chi connectivity index (χ1n) is 6.64. The number of aromatic nitrogens is 2. The minimum absolute atomic E-state index is 0.228. The summed E-state index contributed by atoms with van der Waals surface area (Å²) < 4.78 is 12.9. The van der Waals surface area contributed by atoms with Gasteiger partial charge in [0.1, 0.15) is 5.82 Å².